The van der Waals surface area contributed by atoms with Gasteiger partial charge in [-0.05, 0) is 29.2 Å². The van der Waals surface area contributed by atoms with Crippen molar-refractivity contribution in [3.63, 3.8) is 0 Å². The number of pyridine rings is 1. The van der Waals surface area contributed by atoms with E-state index in [4.69, 9.17) is 15.4 Å². The van der Waals surface area contributed by atoms with Crippen LogP contribution in [0.4, 0.5) is 0 Å². The van der Waals surface area contributed by atoms with Crippen LogP contribution in [-0.2, 0) is 14.5 Å². The largest absolute Gasteiger partial charge is 0.439 e. The van der Waals surface area contributed by atoms with E-state index in [1.807, 2.05) is 24.3 Å². The standard InChI is InChI=1S/C15H16ClNO3S/c1-15(2,3)11-5-4-6-12(9-11)20-14-8-7-13(10-17-14)21(16,18)19/h4-10H,1-3H3. The average molecular weight is 326 g/mol. The molecule has 1 heterocycles. The predicted octanol–water partition coefficient (Wildman–Crippen LogP) is 4.10. The maximum absolute atomic E-state index is 11.1. The van der Waals surface area contributed by atoms with Gasteiger partial charge in [0, 0.05) is 16.7 Å². The first-order valence-electron chi connectivity index (χ1n) is 6.35. The Bertz CT molecular complexity index is 734. The second-order valence-electron chi connectivity index (χ2n) is 5.65. The summed E-state index contributed by atoms with van der Waals surface area (Å²) in [6, 6.07) is 10.5. The van der Waals surface area contributed by atoms with E-state index in [0.29, 0.717) is 11.6 Å². The van der Waals surface area contributed by atoms with Crippen LogP contribution in [0.1, 0.15) is 26.3 Å². The van der Waals surface area contributed by atoms with Gasteiger partial charge in [-0.3, -0.25) is 0 Å². The number of ether oxygens (including phenoxy) is 1. The molecule has 0 aliphatic rings. The molecular formula is C15H16ClNO3S. The van der Waals surface area contributed by atoms with Gasteiger partial charge in [0.15, 0.2) is 0 Å². The summed E-state index contributed by atoms with van der Waals surface area (Å²) in [5.74, 6) is 0.960. The molecule has 112 valence electrons. The summed E-state index contributed by atoms with van der Waals surface area (Å²) in [6.45, 7) is 6.35. The van der Waals surface area contributed by atoms with Crippen LogP contribution in [0.2, 0.25) is 0 Å². The van der Waals surface area contributed by atoms with Gasteiger partial charge in [-0.25, -0.2) is 13.4 Å². The van der Waals surface area contributed by atoms with Gasteiger partial charge in [0.05, 0.1) is 6.20 Å². The van der Waals surface area contributed by atoms with Gasteiger partial charge < -0.3 is 4.74 Å². The molecule has 4 nitrogen and oxygen atoms in total. The number of nitrogens with zero attached hydrogens (tertiary/aromatic N) is 1. The van der Waals surface area contributed by atoms with Gasteiger partial charge >= 0.3 is 0 Å². The number of halogens is 1. The third-order valence-corrected chi connectivity index (χ3v) is 4.25. The molecule has 0 saturated carbocycles. The van der Waals surface area contributed by atoms with Gasteiger partial charge in [-0.15, -0.1) is 0 Å². The van der Waals surface area contributed by atoms with E-state index in [2.05, 4.69) is 25.8 Å². The van der Waals surface area contributed by atoms with Crippen LogP contribution in [0, 0.1) is 0 Å². The molecule has 0 spiro atoms. The first-order chi connectivity index (χ1) is 9.66. The molecule has 0 saturated heterocycles. The summed E-state index contributed by atoms with van der Waals surface area (Å²) in [4.78, 5) is 3.89. The fourth-order valence-corrected chi connectivity index (χ4v) is 2.40. The van der Waals surface area contributed by atoms with Crippen LogP contribution in [0.15, 0.2) is 47.5 Å². The van der Waals surface area contributed by atoms with E-state index in [-0.39, 0.29) is 10.3 Å². The van der Waals surface area contributed by atoms with Crippen molar-refractivity contribution in [2.45, 2.75) is 31.1 Å². The summed E-state index contributed by atoms with van der Waals surface area (Å²) in [7, 11) is 1.47. The first-order valence-corrected chi connectivity index (χ1v) is 8.66. The third-order valence-electron chi connectivity index (χ3n) is 2.91. The summed E-state index contributed by atoms with van der Waals surface area (Å²) in [5, 5.41) is 0. The minimum Gasteiger partial charge on any atom is -0.439 e. The summed E-state index contributed by atoms with van der Waals surface area (Å²) >= 11 is 0. The normalized spacial score (nSPS) is 12.2. The van der Waals surface area contributed by atoms with Crippen molar-refractivity contribution in [2.24, 2.45) is 0 Å². The Balaban J connectivity index is 2.23. The quantitative estimate of drug-likeness (QED) is 0.797. The molecule has 0 fully saturated rings. The highest BCUT2D eigenvalue weighted by molar-refractivity contribution is 8.13. The lowest BCUT2D eigenvalue weighted by atomic mass is 9.87. The number of hydrogen-bond donors (Lipinski definition) is 0. The number of hydrogen-bond acceptors (Lipinski definition) is 4. The highest BCUT2D eigenvalue weighted by Crippen LogP contribution is 2.28. The monoisotopic (exact) mass is 325 g/mol. The van der Waals surface area contributed by atoms with Crippen molar-refractivity contribution < 1.29 is 13.2 Å². The zero-order chi connectivity index (χ0) is 15.7. The van der Waals surface area contributed by atoms with E-state index >= 15 is 0 Å². The molecule has 6 heteroatoms. The molecule has 0 amide bonds. The van der Waals surface area contributed by atoms with E-state index in [1.54, 1.807) is 0 Å². The first kappa shape index (κ1) is 15.8. The Hall–Kier alpha value is -1.59. The van der Waals surface area contributed by atoms with Crippen molar-refractivity contribution in [2.75, 3.05) is 0 Å². The lowest BCUT2D eigenvalue weighted by molar-refractivity contribution is 0.459. The maximum Gasteiger partial charge on any atom is 0.262 e. The smallest absolute Gasteiger partial charge is 0.262 e. The van der Waals surface area contributed by atoms with Gasteiger partial charge in [-0.1, -0.05) is 32.9 Å². The average Bonchev–Trinajstić information content (AvgIpc) is 2.37. The van der Waals surface area contributed by atoms with Crippen molar-refractivity contribution in [3.05, 3.63) is 48.2 Å². The molecule has 1 aromatic carbocycles. The number of aromatic nitrogens is 1. The summed E-state index contributed by atoms with van der Waals surface area (Å²) < 4.78 is 27.9. The minimum absolute atomic E-state index is 0.0172. The van der Waals surface area contributed by atoms with Gasteiger partial charge in [0.25, 0.3) is 9.05 Å². The molecule has 21 heavy (non-hydrogen) atoms. The minimum atomic E-state index is -3.76. The van der Waals surface area contributed by atoms with E-state index in [1.165, 1.54) is 18.3 Å². The van der Waals surface area contributed by atoms with Crippen LogP contribution in [0.5, 0.6) is 11.6 Å². The third kappa shape index (κ3) is 4.19. The molecule has 0 bridgehead atoms. The lowest BCUT2D eigenvalue weighted by Gasteiger charge is -2.19. The van der Waals surface area contributed by atoms with Gasteiger partial charge in [0.2, 0.25) is 5.88 Å². The van der Waals surface area contributed by atoms with Crippen molar-refractivity contribution in [1.82, 2.24) is 4.98 Å². The van der Waals surface area contributed by atoms with Crippen LogP contribution < -0.4 is 4.74 Å². The molecular weight excluding hydrogens is 310 g/mol. The lowest BCUT2D eigenvalue weighted by Crippen LogP contribution is -2.10. The Morgan fingerprint density at radius 2 is 1.86 bits per heavy atom. The van der Waals surface area contributed by atoms with Crippen molar-refractivity contribution in [1.29, 1.82) is 0 Å². The molecule has 0 atom stereocenters. The number of benzene rings is 1. The zero-order valence-corrected chi connectivity index (χ0v) is 13.6. The molecule has 2 aromatic rings. The SMILES string of the molecule is CC(C)(C)c1cccc(Oc2ccc(S(=O)(=O)Cl)cn2)c1. The highest BCUT2D eigenvalue weighted by Gasteiger charge is 2.14. The Labute approximate surface area is 129 Å². The molecule has 0 aliphatic heterocycles. The zero-order valence-electron chi connectivity index (χ0n) is 12.0. The van der Waals surface area contributed by atoms with Gasteiger partial charge in [-0.2, -0.15) is 0 Å². The van der Waals surface area contributed by atoms with Crippen LogP contribution in [-0.4, -0.2) is 13.4 Å². The fraction of sp³-hybridized carbons (Fsp3) is 0.267. The van der Waals surface area contributed by atoms with E-state index < -0.39 is 9.05 Å². The molecule has 1 aromatic heterocycles. The topological polar surface area (TPSA) is 56.3 Å². The fourth-order valence-electron chi connectivity index (χ4n) is 1.72. The second-order valence-corrected chi connectivity index (χ2v) is 8.22. The van der Waals surface area contributed by atoms with Crippen molar-refractivity contribution >= 4 is 19.7 Å². The Morgan fingerprint density at radius 1 is 1.14 bits per heavy atom. The Morgan fingerprint density at radius 3 is 2.38 bits per heavy atom. The van der Waals surface area contributed by atoms with Crippen LogP contribution >= 0.6 is 10.7 Å². The van der Waals surface area contributed by atoms with E-state index in [9.17, 15) is 8.42 Å². The molecule has 0 radical (unpaired) electrons. The van der Waals surface area contributed by atoms with Crippen LogP contribution in [0.25, 0.3) is 0 Å². The second kappa shape index (κ2) is 5.66. The van der Waals surface area contributed by atoms with Crippen molar-refractivity contribution in [3.8, 4) is 11.6 Å². The summed E-state index contributed by atoms with van der Waals surface area (Å²) in [6.07, 6.45) is 1.17. The maximum atomic E-state index is 11.1. The molecule has 0 aliphatic carbocycles. The Kier molecular flexibility index (Phi) is 4.25. The highest BCUT2D eigenvalue weighted by atomic mass is 35.7. The molecule has 2 rings (SSSR count). The predicted molar refractivity (Wildman–Crippen MR) is 82.5 cm³/mol. The summed E-state index contributed by atoms with van der Waals surface area (Å²) in [5.41, 5.74) is 1.16. The number of rotatable bonds is 3. The van der Waals surface area contributed by atoms with E-state index in [0.717, 1.165) is 5.56 Å². The molecule has 0 N–H and O–H groups in total. The molecule has 0 unspecified atom stereocenters. The van der Waals surface area contributed by atoms with Gasteiger partial charge in [0.1, 0.15) is 10.6 Å². The van der Waals surface area contributed by atoms with Crippen LogP contribution in [0.3, 0.4) is 0 Å².